The summed E-state index contributed by atoms with van der Waals surface area (Å²) in [5.74, 6) is 2.86. The molecule has 1 fully saturated rings. The van der Waals surface area contributed by atoms with Crippen molar-refractivity contribution in [2.75, 3.05) is 26.9 Å². The van der Waals surface area contributed by atoms with Gasteiger partial charge in [-0.2, -0.15) is 0 Å². The number of carbonyl (C=O) groups is 2. The van der Waals surface area contributed by atoms with Gasteiger partial charge in [0.25, 0.3) is 11.1 Å². The number of thioether (sulfide) groups is 1. The van der Waals surface area contributed by atoms with Gasteiger partial charge in [-0.3, -0.25) is 14.5 Å². The van der Waals surface area contributed by atoms with Crippen molar-refractivity contribution in [1.82, 2.24) is 4.90 Å². The summed E-state index contributed by atoms with van der Waals surface area (Å²) < 4.78 is 12.2. The normalized spacial score (nSPS) is 15.9. The number of nitrogens with zero attached hydrogens (tertiary/aromatic N) is 1. The largest absolute Gasteiger partial charge is 0.479 e. The second-order valence-electron chi connectivity index (χ2n) is 4.63. The fourth-order valence-corrected chi connectivity index (χ4v) is 4.93. The first-order chi connectivity index (χ1) is 11.5. The maximum Gasteiger partial charge on any atom is 0.293 e. The highest BCUT2D eigenvalue weighted by Crippen LogP contribution is 2.34. The van der Waals surface area contributed by atoms with Gasteiger partial charge in [-0.1, -0.05) is 5.92 Å². The lowest BCUT2D eigenvalue weighted by molar-refractivity contribution is -0.123. The topological polar surface area (TPSA) is 55.8 Å². The van der Waals surface area contributed by atoms with E-state index in [0.29, 0.717) is 11.5 Å². The number of terminal acetylenes is 1. The van der Waals surface area contributed by atoms with Crippen LogP contribution in [0.3, 0.4) is 0 Å². The molecule has 0 saturated carbocycles. The van der Waals surface area contributed by atoms with Crippen LogP contribution in [0.25, 0.3) is 6.08 Å². The fourth-order valence-electron chi connectivity index (χ4n) is 1.94. The standard InChI is InChI=1S/C16H13I2NO4S/c1-3-5-23-14-11(17)7-10(8-12(14)18)9-13-15(20)19(4-6-22-2)16(21)24-13/h1,7-9H,4-6H2,2H3/b13-9+. The van der Waals surface area contributed by atoms with Crippen LogP contribution in [0, 0.1) is 19.5 Å². The Kier molecular flexibility index (Phi) is 7.39. The van der Waals surface area contributed by atoms with Crippen LogP contribution in [0.5, 0.6) is 5.75 Å². The maximum atomic E-state index is 12.3. The molecule has 0 atom stereocenters. The summed E-state index contributed by atoms with van der Waals surface area (Å²) in [7, 11) is 1.53. The third-order valence-electron chi connectivity index (χ3n) is 3.01. The molecule has 1 aliphatic rings. The number of halogens is 2. The SMILES string of the molecule is C#CCOc1c(I)cc(/C=C2/SC(=O)N(CCOC)C2=O)cc1I. The molecule has 1 saturated heterocycles. The predicted molar refractivity (Wildman–Crippen MR) is 111 cm³/mol. The van der Waals surface area contributed by atoms with E-state index in [2.05, 4.69) is 51.1 Å². The van der Waals surface area contributed by atoms with Crippen LogP contribution in [0.15, 0.2) is 17.0 Å². The number of amides is 2. The molecule has 0 aliphatic carbocycles. The van der Waals surface area contributed by atoms with Crippen molar-refractivity contribution < 1.29 is 19.1 Å². The van der Waals surface area contributed by atoms with Crippen LogP contribution >= 0.6 is 56.9 Å². The molecule has 126 valence electrons. The molecule has 2 amide bonds. The Balaban J connectivity index is 2.24. The van der Waals surface area contributed by atoms with E-state index in [1.165, 1.54) is 12.0 Å². The summed E-state index contributed by atoms with van der Waals surface area (Å²) in [6, 6.07) is 3.77. The molecule has 1 aromatic carbocycles. The summed E-state index contributed by atoms with van der Waals surface area (Å²) in [5.41, 5.74) is 0.828. The Labute approximate surface area is 171 Å². The third kappa shape index (κ3) is 4.65. The minimum absolute atomic E-state index is 0.198. The van der Waals surface area contributed by atoms with E-state index < -0.39 is 0 Å². The molecule has 1 aliphatic heterocycles. The molecule has 24 heavy (non-hydrogen) atoms. The molecule has 0 N–H and O–H groups in total. The number of hydrogen-bond acceptors (Lipinski definition) is 5. The van der Waals surface area contributed by atoms with Gasteiger partial charge in [-0.15, -0.1) is 6.42 Å². The Bertz CT molecular complexity index is 719. The van der Waals surface area contributed by atoms with Crippen LogP contribution < -0.4 is 4.74 Å². The summed E-state index contributed by atoms with van der Waals surface area (Å²) in [6.45, 7) is 0.776. The second kappa shape index (κ2) is 9.07. The van der Waals surface area contributed by atoms with Crippen molar-refractivity contribution in [1.29, 1.82) is 0 Å². The Morgan fingerprint density at radius 2 is 2.00 bits per heavy atom. The third-order valence-corrected chi connectivity index (χ3v) is 5.52. The average Bonchev–Trinajstić information content (AvgIpc) is 2.78. The number of rotatable bonds is 6. The van der Waals surface area contributed by atoms with Gasteiger partial charge in [-0.05, 0) is 80.7 Å². The van der Waals surface area contributed by atoms with Gasteiger partial charge in [0.1, 0.15) is 12.4 Å². The van der Waals surface area contributed by atoms with Gasteiger partial charge in [0.2, 0.25) is 0 Å². The van der Waals surface area contributed by atoms with E-state index in [1.54, 1.807) is 6.08 Å². The highest BCUT2D eigenvalue weighted by Gasteiger charge is 2.34. The lowest BCUT2D eigenvalue weighted by Gasteiger charge is -2.11. The van der Waals surface area contributed by atoms with E-state index in [0.717, 1.165) is 30.2 Å². The number of ether oxygens (including phenoxy) is 2. The van der Waals surface area contributed by atoms with Crippen LogP contribution in [0.2, 0.25) is 0 Å². The number of methoxy groups -OCH3 is 1. The minimum Gasteiger partial charge on any atom is -0.479 e. The van der Waals surface area contributed by atoms with Crippen molar-refractivity contribution in [3.8, 4) is 18.1 Å². The van der Waals surface area contributed by atoms with E-state index in [9.17, 15) is 9.59 Å². The zero-order valence-corrected chi connectivity index (χ0v) is 17.8. The van der Waals surface area contributed by atoms with Gasteiger partial charge < -0.3 is 9.47 Å². The van der Waals surface area contributed by atoms with Gasteiger partial charge in [0.05, 0.1) is 25.2 Å². The molecular weight excluding hydrogens is 556 g/mol. The Hall–Kier alpha value is -0.770. The Morgan fingerprint density at radius 1 is 1.33 bits per heavy atom. The maximum absolute atomic E-state index is 12.3. The average molecular weight is 569 g/mol. The molecule has 1 heterocycles. The van der Waals surface area contributed by atoms with Crippen LogP contribution in [0.4, 0.5) is 4.79 Å². The summed E-state index contributed by atoms with van der Waals surface area (Å²) >= 11 is 5.25. The minimum atomic E-state index is -0.292. The number of imide groups is 1. The lowest BCUT2D eigenvalue weighted by Crippen LogP contribution is -2.31. The monoisotopic (exact) mass is 569 g/mol. The Morgan fingerprint density at radius 3 is 2.58 bits per heavy atom. The van der Waals surface area contributed by atoms with E-state index in [1.807, 2.05) is 12.1 Å². The molecule has 0 radical (unpaired) electrons. The van der Waals surface area contributed by atoms with Crippen molar-refractivity contribution in [3.63, 3.8) is 0 Å². The quantitative estimate of drug-likeness (QED) is 0.298. The molecule has 0 aromatic heterocycles. The molecule has 0 unspecified atom stereocenters. The summed E-state index contributed by atoms with van der Waals surface area (Å²) in [4.78, 5) is 25.8. The fraction of sp³-hybridized carbons (Fsp3) is 0.250. The molecule has 0 bridgehead atoms. The molecule has 8 heteroatoms. The predicted octanol–water partition coefficient (Wildman–Crippen LogP) is 3.59. The van der Waals surface area contributed by atoms with Crippen molar-refractivity contribution in [2.45, 2.75) is 0 Å². The second-order valence-corrected chi connectivity index (χ2v) is 7.95. The van der Waals surface area contributed by atoms with Gasteiger partial charge in [-0.25, -0.2) is 0 Å². The number of carbonyl (C=O) groups excluding carboxylic acids is 2. The molecule has 1 aromatic rings. The highest BCUT2D eigenvalue weighted by molar-refractivity contribution is 14.1. The van der Waals surface area contributed by atoms with E-state index in [4.69, 9.17) is 15.9 Å². The molecule has 2 rings (SSSR count). The first-order valence-corrected chi connectivity index (χ1v) is 9.75. The smallest absolute Gasteiger partial charge is 0.293 e. The van der Waals surface area contributed by atoms with Gasteiger partial charge >= 0.3 is 0 Å². The molecular formula is C16H13I2NO4S. The van der Waals surface area contributed by atoms with Crippen molar-refractivity contribution >= 4 is 74.2 Å². The molecule has 0 spiro atoms. The summed E-state index contributed by atoms with van der Waals surface area (Å²) in [5, 5.41) is -0.276. The van der Waals surface area contributed by atoms with Crippen molar-refractivity contribution in [2.24, 2.45) is 0 Å². The van der Waals surface area contributed by atoms with E-state index in [-0.39, 0.29) is 24.3 Å². The van der Waals surface area contributed by atoms with Crippen LogP contribution in [0.1, 0.15) is 5.56 Å². The number of hydrogen-bond donors (Lipinski definition) is 0. The number of benzene rings is 1. The first-order valence-electron chi connectivity index (χ1n) is 6.77. The first kappa shape index (κ1) is 19.6. The van der Waals surface area contributed by atoms with E-state index >= 15 is 0 Å². The lowest BCUT2D eigenvalue weighted by atomic mass is 10.2. The van der Waals surface area contributed by atoms with Gasteiger partial charge in [0, 0.05) is 7.11 Å². The zero-order chi connectivity index (χ0) is 17.7. The zero-order valence-electron chi connectivity index (χ0n) is 12.7. The molecule has 5 nitrogen and oxygen atoms in total. The highest BCUT2D eigenvalue weighted by atomic mass is 127. The van der Waals surface area contributed by atoms with Gasteiger partial charge in [0.15, 0.2) is 0 Å². The van der Waals surface area contributed by atoms with Crippen LogP contribution in [-0.2, 0) is 9.53 Å². The van der Waals surface area contributed by atoms with Crippen LogP contribution in [-0.4, -0.2) is 42.9 Å². The summed E-state index contributed by atoms with van der Waals surface area (Å²) in [6.07, 6.45) is 6.93. The van der Waals surface area contributed by atoms with Crippen molar-refractivity contribution in [3.05, 3.63) is 29.7 Å².